The number of benzene rings is 1. The van der Waals surface area contributed by atoms with Gasteiger partial charge in [-0.25, -0.2) is 0 Å². The van der Waals surface area contributed by atoms with E-state index in [4.69, 9.17) is 16.0 Å². The molecule has 0 saturated carbocycles. The fourth-order valence-electron chi connectivity index (χ4n) is 2.29. The van der Waals surface area contributed by atoms with Gasteiger partial charge in [-0.2, -0.15) is 13.2 Å². The van der Waals surface area contributed by atoms with Gasteiger partial charge in [-0.1, -0.05) is 23.4 Å². The van der Waals surface area contributed by atoms with Crippen LogP contribution in [0.1, 0.15) is 5.76 Å². The van der Waals surface area contributed by atoms with Crippen molar-refractivity contribution in [3.05, 3.63) is 53.4 Å². The molecule has 0 bridgehead atoms. The highest BCUT2D eigenvalue weighted by Crippen LogP contribution is 2.26. The second kappa shape index (κ2) is 8.70. The molecule has 1 aromatic carbocycles. The van der Waals surface area contributed by atoms with Crippen molar-refractivity contribution in [1.82, 2.24) is 20.1 Å². The molecule has 0 atom stereocenters. The van der Waals surface area contributed by atoms with Crippen LogP contribution in [0.3, 0.4) is 0 Å². The third-order valence-corrected chi connectivity index (χ3v) is 4.75. The van der Waals surface area contributed by atoms with Crippen molar-refractivity contribution in [2.45, 2.75) is 17.9 Å². The summed E-state index contributed by atoms with van der Waals surface area (Å²) >= 11 is 6.91. The van der Waals surface area contributed by atoms with Gasteiger partial charge in [-0.3, -0.25) is 9.36 Å². The van der Waals surface area contributed by atoms with Gasteiger partial charge in [0, 0.05) is 10.6 Å². The summed E-state index contributed by atoms with van der Waals surface area (Å²) in [6.07, 6.45) is -2.93. The predicted octanol–water partition coefficient (Wildman–Crippen LogP) is 4.01. The minimum atomic E-state index is -4.46. The predicted molar refractivity (Wildman–Crippen MR) is 98.1 cm³/mol. The average Bonchev–Trinajstić information content (AvgIpc) is 3.29. The van der Waals surface area contributed by atoms with E-state index in [-0.39, 0.29) is 5.75 Å². The third kappa shape index (κ3) is 5.52. The first-order valence-electron chi connectivity index (χ1n) is 7.99. The van der Waals surface area contributed by atoms with E-state index in [2.05, 4.69) is 10.2 Å². The van der Waals surface area contributed by atoms with Gasteiger partial charge in [0.25, 0.3) is 0 Å². The van der Waals surface area contributed by atoms with Gasteiger partial charge in [0.05, 0.1) is 18.6 Å². The van der Waals surface area contributed by atoms with E-state index >= 15 is 0 Å². The van der Waals surface area contributed by atoms with E-state index in [1.54, 1.807) is 41.0 Å². The van der Waals surface area contributed by atoms with Crippen LogP contribution in [0.15, 0.2) is 52.2 Å². The Morgan fingerprint density at radius 3 is 2.61 bits per heavy atom. The molecule has 0 fully saturated rings. The quantitative estimate of drug-likeness (QED) is 0.573. The van der Waals surface area contributed by atoms with Gasteiger partial charge in [-0.05, 0) is 36.4 Å². The summed E-state index contributed by atoms with van der Waals surface area (Å²) in [5.74, 6) is 0.181. The molecule has 3 aromatic rings. The summed E-state index contributed by atoms with van der Waals surface area (Å²) in [5, 5.41) is 11.0. The first-order valence-corrected chi connectivity index (χ1v) is 9.36. The molecule has 11 heteroatoms. The van der Waals surface area contributed by atoms with E-state index in [9.17, 15) is 18.0 Å². The number of thioether (sulfide) groups is 1. The summed E-state index contributed by atoms with van der Waals surface area (Å²) in [6.45, 7) is -1.08. The number of amides is 1. The molecule has 1 amide bonds. The van der Waals surface area contributed by atoms with E-state index in [0.717, 1.165) is 17.3 Å². The molecule has 148 valence electrons. The lowest BCUT2D eigenvalue weighted by Gasteiger charge is -2.10. The Morgan fingerprint density at radius 1 is 1.21 bits per heavy atom. The van der Waals surface area contributed by atoms with Gasteiger partial charge in [0.15, 0.2) is 11.0 Å². The van der Waals surface area contributed by atoms with Crippen LogP contribution in [0, 0.1) is 0 Å². The Labute approximate surface area is 167 Å². The maximum absolute atomic E-state index is 12.2. The summed E-state index contributed by atoms with van der Waals surface area (Å²) in [6, 6.07) is 10.5. The van der Waals surface area contributed by atoms with E-state index < -0.39 is 18.6 Å². The second-order valence-electron chi connectivity index (χ2n) is 5.66. The summed E-state index contributed by atoms with van der Waals surface area (Å²) in [5.41, 5.74) is 0.747. The molecular formula is C17H14ClF3N4O2S. The molecule has 0 radical (unpaired) electrons. The molecule has 0 aliphatic carbocycles. The topological polar surface area (TPSA) is 73.0 Å². The first-order chi connectivity index (χ1) is 13.3. The molecule has 0 saturated heterocycles. The monoisotopic (exact) mass is 430 g/mol. The molecule has 28 heavy (non-hydrogen) atoms. The van der Waals surface area contributed by atoms with Crippen LogP contribution < -0.4 is 5.32 Å². The number of carbonyl (C=O) groups excluding carboxylic acids is 1. The van der Waals surface area contributed by atoms with Crippen molar-refractivity contribution in [2.75, 3.05) is 12.3 Å². The van der Waals surface area contributed by atoms with Crippen molar-refractivity contribution in [3.63, 3.8) is 0 Å². The second-order valence-corrected chi connectivity index (χ2v) is 7.04. The SMILES string of the molecule is O=C(CSc1nnc(-c2ccc(Cl)cc2)n1Cc1ccco1)NCC(F)(F)F. The summed E-state index contributed by atoms with van der Waals surface area (Å²) in [4.78, 5) is 11.7. The minimum Gasteiger partial charge on any atom is -0.467 e. The van der Waals surface area contributed by atoms with Crippen LogP contribution in [-0.4, -0.2) is 39.1 Å². The Bertz CT molecular complexity index is 927. The Morgan fingerprint density at radius 2 is 1.96 bits per heavy atom. The molecule has 6 nitrogen and oxygen atoms in total. The van der Waals surface area contributed by atoms with Crippen LogP contribution in [-0.2, 0) is 11.3 Å². The van der Waals surface area contributed by atoms with Crippen molar-refractivity contribution in [3.8, 4) is 11.4 Å². The number of furan rings is 1. The number of alkyl halides is 3. The first kappa shape index (κ1) is 20.3. The number of rotatable bonds is 7. The van der Waals surface area contributed by atoms with Crippen molar-refractivity contribution in [1.29, 1.82) is 0 Å². The number of aromatic nitrogens is 3. The summed E-state index contributed by atoms with van der Waals surface area (Å²) in [7, 11) is 0. The zero-order chi connectivity index (χ0) is 20.1. The van der Waals surface area contributed by atoms with Gasteiger partial charge in [0.1, 0.15) is 12.3 Å². The molecule has 2 heterocycles. The maximum atomic E-state index is 12.2. The molecule has 3 rings (SSSR count). The molecule has 1 N–H and O–H groups in total. The van der Waals surface area contributed by atoms with Crippen molar-refractivity contribution in [2.24, 2.45) is 0 Å². The molecule has 0 spiro atoms. The van der Waals surface area contributed by atoms with Crippen LogP contribution >= 0.6 is 23.4 Å². The molecular weight excluding hydrogens is 417 g/mol. The number of hydrogen-bond donors (Lipinski definition) is 1. The lowest BCUT2D eigenvalue weighted by atomic mass is 10.2. The van der Waals surface area contributed by atoms with Crippen molar-refractivity contribution < 1.29 is 22.4 Å². The zero-order valence-corrected chi connectivity index (χ0v) is 15.8. The fourth-order valence-corrected chi connectivity index (χ4v) is 3.18. The van der Waals surface area contributed by atoms with Crippen LogP contribution in [0.4, 0.5) is 13.2 Å². The largest absolute Gasteiger partial charge is 0.467 e. The smallest absolute Gasteiger partial charge is 0.405 e. The van der Waals surface area contributed by atoms with E-state index in [0.29, 0.717) is 28.3 Å². The van der Waals surface area contributed by atoms with Crippen LogP contribution in [0.2, 0.25) is 5.02 Å². The normalized spacial score (nSPS) is 11.6. The Kier molecular flexibility index (Phi) is 6.30. The molecule has 2 aromatic heterocycles. The number of nitrogens with one attached hydrogen (secondary N) is 1. The highest BCUT2D eigenvalue weighted by molar-refractivity contribution is 7.99. The summed E-state index contributed by atoms with van der Waals surface area (Å²) < 4.78 is 43.7. The Balaban J connectivity index is 1.78. The van der Waals surface area contributed by atoms with Gasteiger partial charge in [0.2, 0.25) is 5.91 Å². The molecule has 0 aliphatic heterocycles. The highest BCUT2D eigenvalue weighted by Gasteiger charge is 2.27. The third-order valence-electron chi connectivity index (χ3n) is 3.53. The van der Waals surface area contributed by atoms with Crippen molar-refractivity contribution >= 4 is 29.3 Å². The van der Waals surface area contributed by atoms with Crippen LogP contribution in [0.25, 0.3) is 11.4 Å². The van der Waals surface area contributed by atoms with E-state index in [1.807, 2.05) is 5.32 Å². The molecule has 0 aliphatic rings. The lowest BCUT2D eigenvalue weighted by molar-refractivity contribution is -0.136. The fraction of sp³-hybridized carbons (Fsp3) is 0.235. The number of hydrogen-bond acceptors (Lipinski definition) is 5. The zero-order valence-electron chi connectivity index (χ0n) is 14.2. The average molecular weight is 431 g/mol. The number of nitrogens with zero attached hydrogens (tertiary/aromatic N) is 3. The van der Waals surface area contributed by atoms with Crippen LogP contribution in [0.5, 0.6) is 0 Å². The van der Waals surface area contributed by atoms with Gasteiger partial charge < -0.3 is 9.73 Å². The number of carbonyl (C=O) groups is 1. The maximum Gasteiger partial charge on any atom is 0.405 e. The van der Waals surface area contributed by atoms with E-state index in [1.165, 1.54) is 6.26 Å². The standard InChI is InChI=1S/C17H14ClF3N4O2S/c18-12-5-3-11(4-6-12)15-23-24-16(25(15)8-13-2-1-7-27-13)28-9-14(26)22-10-17(19,20)21/h1-7H,8-10H2,(H,22,26). The lowest BCUT2D eigenvalue weighted by Crippen LogP contribution is -2.34. The minimum absolute atomic E-state index is 0.229. The highest BCUT2D eigenvalue weighted by atomic mass is 35.5. The number of halogens is 4. The van der Waals surface area contributed by atoms with Gasteiger partial charge >= 0.3 is 6.18 Å². The van der Waals surface area contributed by atoms with Gasteiger partial charge in [-0.15, -0.1) is 10.2 Å². The molecule has 0 unspecified atom stereocenters. The Hall–Kier alpha value is -2.46.